The first-order valence-electron chi connectivity index (χ1n) is 7.30. The minimum absolute atomic E-state index is 0.363. The lowest BCUT2D eigenvalue weighted by Gasteiger charge is -2.39. The normalized spacial score (nSPS) is 18.6. The fraction of sp³-hybridized carbons (Fsp3) is 0.625. The molecule has 1 aromatic carbocycles. The zero-order valence-electron chi connectivity index (χ0n) is 12.4. The predicted octanol–water partition coefficient (Wildman–Crippen LogP) is 3.52. The average molecular weight is 278 g/mol. The Morgan fingerprint density at radius 1 is 1.32 bits per heavy atom. The molecule has 0 aliphatic carbocycles. The number of hydrogen-bond acceptors (Lipinski definition) is 3. The number of anilines is 1. The van der Waals surface area contributed by atoms with Crippen LogP contribution in [0.4, 0.5) is 5.69 Å². The second kappa shape index (κ2) is 6.67. The van der Waals surface area contributed by atoms with Gasteiger partial charge in [0.25, 0.3) is 0 Å². The summed E-state index contributed by atoms with van der Waals surface area (Å²) in [6, 6.07) is 8.84. The Bertz CT molecular complexity index is 403. The van der Waals surface area contributed by atoms with Gasteiger partial charge in [-0.3, -0.25) is 0 Å². The highest BCUT2D eigenvalue weighted by atomic mass is 32.2. The summed E-state index contributed by atoms with van der Waals surface area (Å²) in [4.78, 5) is 2.56. The maximum atomic E-state index is 3.52. The molecule has 3 heteroatoms. The number of benzene rings is 1. The van der Waals surface area contributed by atoms with Crippen LogP contribution in [0.3, 0.4) is 0 Å². The van der Waals surface area contributed by atoms with Crippen LogP contribution in [0, 0.1) is 0 Å². The molecule has 1 fully saturated rings. The highest BCUT2D eigenvalue weighted by Crippen LogP contribution is 2.33. The van der Waals surface area contributed by atoms with Gasteiger partial charge in [0.15, 0.2) is 0 Å². The van der Waals surface area contributed by atoms with Crippen molar-refractivity contribution < 1.29 is 0 Å². The molecular weight excluding hydrogens is 252 g/mol. The molecule has 19 heavy (non-hydrogen) atoms. The van der Waals surface area contributed by atoms with Gasteiger partial charge in [0, 0.05) is 35.8 Å². The molecule has 1 heterocycles. The summed E-state index contributed by atoms with van der Waals surface area (Å²) in [6.45, 7) is 11.3. The van der Waals surface area contributed by atoms with Crippen molar-refractivity contribution in [3.05, 3.63) is 29.8 Å². The molecule has 0 atom stereocenters. The van der Waals surface area contributed by atoms with E-state index in [1.54, 1.807) is 0 Å². The van der Waals surface area contributed by atoms with Gasteiger partial charge >= 0.3 is 0 Å². The van der Waals surface area contributed by atoms with Crippen molar-refractivity contribution in [2.24, 2.45) is 0 Å². The molecule has 0 spiro atoms. The largest absolute Gasteiger partial charge is 0.369 e. The van der Waals surface area contributed by atoms with Gasteiger partial charge in [-0.05, 0) is 38.4 Å². The van der Waals surface area contributed by atoms with E-state index in [-0.39, 0.29) is 0 Å². The highest BCUT2D eigenvalue weighted by Gasteiger charge is 2.27. The monoisotopic (exact) mass is 278 g/mol. The van der Waals surface area contributed by atoms with Crippen molar-refractivity contribution >= 4 is 17.4 Å². The van der Waals surface area contributed by atoms with Crippen LogP contribution in [0.2, 0.25) is 0 Å². The van der Waals surface area contributed by atoms with Crippen molar-refractivity contribution in [3.8, 4) is 0 Å². The van der Waals surface area contributed by atoms with Gasteiger partial charge in [0.2, 0.25) is 0 Å². The number of hydrogen-bond donors (Lipinski definition) is 1. The van der Waals surface area contributed by atoms with Crippen molar-refractivity contribution in [1.82, 2.24) is 5.32 Å². The predicted molar refractivity (Wildman–Crippen MR) is 87.2 cm³/mol. The first kappa shape index (κ1) is 14.7. The molecule has 0 aromatic heterocycles. The van der Waals surface area contributed by atoms with E-state index in [4.69, 9.17) is 0 Å². The number of para-hydroxylation sites is 1. The third kappa shape index (κ3) is 4.15. The topological polar surface area (TPSA) is 15.3 Å². The third-order valence-corrected chi connectivity index (χ3v) is 4.80. The van der Waals surface area contributed by atoms with Crippen LogP contribution in [-0.4, -0.2) is 30.1 Å². The zero-order valence-corrected chi connectivity index (χ0v) is 13.2. The van der Waals surface area contributed by atoms with Crippen molar-refractivity contribution in [3.63, 3.8) is 0 Å². The second-order valence-corrected chi connectivity index (χ2v) is 7.64. The van der Waals surface area contributed by atoms with E-state index in [1.807, 2.05) is 0 Å². The van der Waals surface area contributed by atoms with E-state index in [2.05, 4.69) is 67.0 Å². The van der Waals surface area contributed by atoms with Crippen LogP contribution in [0.15, 0.2) is 24.3 Å². The fourth-order valence-corrected chi connectivity index (χ4v) is 3.70. The summed E-state index contributed by atoms with van der Waals surface area (Å²) >= 11 is 2.09. The van der Waals surface area contributed by atoms with Crippen molar-refractivity contribution in [2.75, 3.05) is 30.3 Å². The molecule has 0 bridgehead atoms. The number of thioether (sulfide) groups is 1. The van der Waals surface area contributed by atoms with Crippen LogP contribution < -0.4 is 10.2 Å². The number of rotatable bonds is 5. The molecule has 0 amide bonds. The van der Waals surface area contributed by atoms with Crippen LogP contribution in [-0.2, 0) is 6.54 Å². The average Bonchev–Trinajstić information content (AvgIpc) is 2.38. The van der Waals surface area contributed by atoms with Crippen LogP contribution in [0.5, 0.6) is 0 Å². The summed E-state index contributed by atoms with van der Waals surface area (Å²) < 4.78 is 0.363. The molecule has 1 saturated heterocycles. The maximum absolute atomic E-state index is 3.52. The Morgan fingerprint density at radius 2 is 2.11 bits per heavy atom. The standard InChI is InChI=1S/C16H26N2S/c1-4-9-17-12-14-7-5-6-8-15(14)18-10-11-19-16(2,3)13-18/h5-8,17H,4,9-13H2,1-3H3. The Hall–Kier alpha value is -0.670. The van der Waals surface area contributed by atoms with Gasteiger partial charge in [-0.1, -0.05) is 25.1 Å². The van der Waals surface area contributed by atoms with Gasteiger partial charge in [0.1, 0.15) is 0 Å². The van der Waals surface area contributed by atoms with Gasteiger partial charge in [-0.2, -0.15) is 11.8 Å². The van der Waals surface area contributed by atoms with E-state index in [0.29, 0.717) is 4.75 Å². The molecule has 0 saturated carbocycles. The van der Waals surface area contributed by atoms with Crippen molar-refractivity contribution in [1.29, 1.82) is 0 Å². The van der Waals surface area contributed by atoms with Crippen molar-refractivity contribution in [2.45, 2.75) is 38.5 Å². The summed E-state index contributed by atoms with van der Waals surface area (Å²) in [5, 5.41) is 3.52. The minimum atomic E-state index is 0.363. The minimum Gasteiger partial charge on any atom is -0.369 e. The van der Waals surface area contributed by atoms with Gasteiger partial charge in [-0.25, -0.2) is 0 Å². The molecule has 1 aliphatic rings. The van der Waals surface area contributed by atoms with E-state index in [9.17, 15) is 0 Å². The number of nitrogens with zero attached hydrogens (tertiary/aromatic N) is 1. The Balaban J connectivity index is 2.10. The molecule has 1 aromatic rings. The number of nitrogens with one attached hydrogen (secondary N) is 1. The lowest BCUT2D eigenvalue weighted by Crippen LogP contribution is -2.43. The second-order valence-electron chi connectivity index (χ2n) is 5.84. The maximum Gasteiger partial charge on any atom is 0.0412 e. The van der Waals surface area contributed by atoms with Crippen LogP contribution in [0.25, 0.3) is 0 Å². The highest BCUT2D eigenvalue weighted by molar-refractivity contribution is 8.00. The molecule has 0 radical (unpaired) electrons. The smallest absolute Gasteiger partial charge is 0.0412 e. The van der Waals surface area contributed by atoms with Gasteiger partial charge in [-0.15, -0.1) is 0 Å². The van der Waals surface area contributed by atoms with Gasteiger partial charge < -0.3 is 10.2 Å². The zero-order chi connectivity index (χ0) is 13.7. The summed E-state index contributed by atoms with van der Waals surface area (Å²) in [5.74, 6) is 1.23. The molecule has 2 nitrogen and oxygen atoms in total. The van der Waals surface area contributed by atoms with Crippen LogP contribution >= 0.6 is 11.8 Å². The molecule has 1 N–H and O–H groups in total. The van der Waals surface area contributed by atoms with E-state index in [1.165, 1.54) is 30.0 Å². The van der Waals surface area contributed by atoms with E-state index in [0.717, 1.165) is 19.6 Å². The lowest BCUT2D eigenvalue weighted by molar-refractivity contribution is 0.637. The quantitative estimate of drug-likeness (QED) is 0.830. The first-order chi connectivity index (χ1) is 9.12. The lowest BCUT2D eigenvalue weighted by atomic mass is 10.1. The first-order valence-corrected chi connectivity index (χ1v) is 8.28. The van der Waals surface area contributed by atoms with Gasteiger partial charge in [0.05, 0.1) is 0 Å². The van der Waals surface area contributed by atoms with E-state index >= 15 is 0 Å². The fourth-order valence-electron chi connectivity index (χ4n) is 2.59. The molecule has 106 valence electrons. The molecule has 2 rings (SSSR count). The summed E-state index contributed by atoms with van der Waals surface area (Å²) in [6.07, 6.45) is 1.19. The third-order valence-electron chi connectivity index (χ3n) is 3.50. The summed E-state index contributed by atoms with van der Waals surface area (Å²) in [5.41, 5.74) is 2.85. The summed E-state index contributed by atoms with van der Waals surface area (Å²) in [7, 11) is 0. The van der Waals surface area contributed by atoms with Crippen LogP contribution in [0.1, 0.15) is 32.8 Å². The molecule has 1 aliphatic heterocycles. The Labute approximate surface area is 122 Å². The Morgan fingerprint density at radius 3 is 2.84 bits per heavy atom. The van der Waals surface area contributed by atoms with E-state index < -0.39 is 0 Å². The SMILES string of the molecule is CCCNCc1ccccc1N1CCSC(C)(C)C1. The molecular formula is C16H26N2S. The Kier molecular flexibility index (Phi) is 5.17. The molecule has 0 unspecified atom stereocenters.